The predicted molar refractivity (Wildman–Crippen MR) is 41.4 cm³/mol. The van der Waals surface area contributed by atoms with Gasteiger partial charge < -0.3 is 5.11 Å². The van der Waals surface area contributed by atoms with Gasteiger partial charge in [0.05, 0.1) is 17.4 Å². The molecule has 0 aromatic rings. The molecule has 1 saturated heterocycles. The highest BCUT2D eigenvalue weighted by molar-refractivity contribution is 7.91. The molecule has 1 aliphatic heterocycles. The summed E-state index contributed by atoms with van der Waals surface area (Å²) in [6.07, 6.45) is 1.53. The zero-order valence-electron chi connectivity index (χ0n) is 6.49. The van der Waals surface area contributed by atoms with E-state index in [0.717, 1.165) is 12.8 Å². The maximum absolute atomic E-state index is 11.1. The lowest BCUT2D eigenvalue weighted by Gasteiger charge is -2.09. The Kier molecular flexibility index (Phi) is 1.35. The van der Waals surface area contributed by atoms with E-state index in [2.05, 4.69) is 0 Å². The van der Waals surface area contributed by atoms with E-state index in [1.165, 1.54) is 0 Å². The second-order valence-electron chi connectivity index (χ2n) is 3.81. The van der Waals surface area contributed by atoms with Crippen molar-refractivity contribution in [3.8, 4) is 0 Å². The van der Waals surface area contributed by atoms with Gasteiger partial charge in [-0.25, -0.2) is 8.42 Å². The first kappa shape index (κ1) is 8.04. The Morgan fingerprint density at radius 1 is 1.42 bits per heavy atom. The van der Waals surface area contributed by atoms with Crippen LogP contribution in [0.2, 0.25) is 0 Å². The summed E-state index contributed by atoms with van der Waals surface area (Å²) in [5.74, 6) is -1.64. The van der Waals surface area contributed by atoms with Gasteiger partial charge in [0, 0.05) is 0 Å². The van der Waals surface area contributed by atoms with Gasteiger partial charge in [0.1, 0.15) is 0 Å². The summed E-state index contributed by atoms with van der Waals surface area (Å²) in [5, 5.41) is 8.76. The number of carboxylic acid groups (broad SMARTS) is 1. The molecule has 4 nitrogen and oxygen atoms in total. The van der Waals surface area contributed by atoms with Crippen LogP contribution in [-0.2, 0) is 14.6 Å². The van der Waals surface area contributed by atoms with Crippen LogP contribution in [0, 0.1) is 11.3 Å². The van der Waals surface area contributed by atoms with E-state index in [-0.39, 0.29) is 16.9 Å². The number of hydrogen-bond acceptors (Lipinski definition) is 3. The van der Waals surface area contributed by atoms with Crippen LogP contribution >= 0.6 is 0 Å². The molecule has 0 radical (unpaired) electrons. The lowest BCUT2D eigenvalue weighted by Crippen LogP contribution is -2.22. The summed E-state index contributed by atoms with van der Waals surface area (Å²) in [4.78, 5) is 10.7. The number of sulfone groups is 1. The fourth-order valence-corrected chi connectivity index (χ4v) is 4.50. The molecule has 2 aliphatic rings. The minimum atomic E-state index is -3.07. The predicted octanol–water partition coefficient (Wildman–Crippen LogP) is -0.104. The molecule has 0 aromatic carbocycles. The molecule has 0 bridgehead atoms. The first-order chi connectivity index (χ1) is 5.45. The second-order valence-corrected chi connectivity index (χ2v) is 5.92. The molecule has 1 aliphatic carbocycles. The molecule has 1 saturated carbocycles. The van der Waals surface area contributed by atoms with Crippen molar-refractivity contribution in [1.82, 2.24) is 0 Å². The van der Waals surface area contributed by atoms with Crippen LogP contribution in [0.5, 0.6) is 0 Å². The quantitative estimate of drug-likeness (QED) is 0.626. The first-order valence-corrected chi connectivity index (χ1v) is 5.71. The molecule has 1 atom stereocenters. The van der Waals surface area contributed by atoms with Gasteiger partial charge in [-0.15, -0.1) is 0 Å². The van der Waals surface area contributed by atoms with Crippen molar-refractivity contribution in [3.05, 3.63) is 0 Å². The van der Waals surface area contributed by atoms with Gasteiger partial charge in [-0.1, -0.05) is 0 Å². The maximum Gasteiger partial charge on any atom is 0.308 e. The average Bonchev–Trinajstić information content (AvgIpc) is 2.56. The molecule has 2 rings (SSSR count). The molecule has 68 valence electrons. The molecular weight excluding hydrogens is 180 g/mol. The molecular formula is C7H10O4S. The minimum Gasteiger partial charge on any atom is -0.481 e. The van der Waals surface area contributed by atoms with Crippen LogP contribution in [-0.4, -0.2) is 31.0 Å². The summed E-state index contributed by atoms with van der Waals surface area (Å²) in [6.45, 7) is 0. The highest BCUT2D eigenvalue weighted by Gasteiger charge is 2.60. The lowest BCUT2D eigenvalue weighted by atomic mass is 9.93. The zero-order chi connectivity index (χ0) is 8.98. The number of aliphatic carboxylic acids is 1. The SMILES string of the molecule is O=C(O)C1CS(=O)(=O)CC12CC2. The highest BCUT2D eigenvalue weighted by atomic mass is 32.2. The van der Waals surface area contributed by atoms with Crippen molar-refractivity contribution < 1.29 is 18.3 Å². The topological polar surface area (TPSA) is 71.4 Å². The van der Waals surface area contributed by atoms with Crippen LogP contribution in [0.1, 0.15) is 12.8 Å². The smallest absolute Gasteiger partial charge is 0.308 e. The van der Waals surface area contributed by atoms with Crippen LogP contribution in [0.4, 0.5) is 0 Å². The van der Waals surface area contributed by atoms with Crippen molar-refractivity contribution in [2.45, 2.75) is 12.8 Å². The average molecular weight is 190 g/mol. The third-order valence-corrected chi connectivity index (χ3v) is 4.71. The van der Waals surface area contributed by atoms with Crippen molar-refractivity contribution in [2.24, 2.45) is 11.3 Å². The van der Waals surface area contributed by atoms with E-state index < -0.39 is 21.7 Å². The molecule has 0 aromatic heterocycles. The van der Waals surface area contributed by atoms with E-state index in [4.69, 9.17) is 5.11 Å². The number of rotatable bonds is 1. The van der Waals surface area contributed by atoms with Gasteiger partial charge in [0.25, 0.3) is 0 Å². The summed E-state index contributed by atoms with van der Waals surface area (Å²) in [5.41, 5.74) is -0.370. The molecule has 5 heteroatoms. The Labute approximate surface area is 70.5 Å². The van der Waals surface area contributed by atoms with Crippen LogP contribution in [0.25, 0.3) is 0 Å². The van der Waals surface area contributed by atoms with E-state index in [1.54, 1.807) is 0 Å². The Morgan fingerprint density at radius 3 is 2.33 bits per heavy atom. The summed E-state index contributed by atoms with van der Waals surface area (Å²) in [6, 6.07) is 0. The van der Waals surface area contributed by atoms with E-state index in [9.17, 15) is 13.2 Å². The molecule has 12 heavy (non-hydrogen) atoms. The third kappa shape index (κ3) is 1.03. The van der Waals surface area contributed by atoms with Crippen LogP contribution in [0.3, 0.4) is 0 Å². The number of hydrogen-bond donors (Lipinski definition) is 1. The Bertz CT molecular complexity index is 325. The Balaban J connectivity index is 2.32. The van der Waals surface area contributed by atoms with Gasteiger partial charge in [-0.05, 0) is 18.3 Å². The lowest BCUT2D eigenvalue weighted by molar-refractivity contribution is -0.142. The van der Waals surface area contributed by atoms with Gasteiger partial charge in [0.2, 0.25) is 0 Å². The summed E-state index contributed by atoms with van der Waals surface area (Å²) < 4.78 is 22.3. The standard InChI is InChI=1S/C7H10O4S/c8-6(9)5-3-12(10,11)4-7(5)1-2-7/h5H,1-4H2,(H,8,9). The second kappa shape index (κ2) is 2.02. The van der Waals surface area contributed by atoms with Crippen molar-refractivity contribution in [3.63, 3.8) is 0 Å². The molecule has 0 amide bonds. The van der Waals surface area contributed by atoms with Gasteiger partial charge in [-0.3, -0.25) is 4.79 Å². The van der Waals surface area contributed by atoms with E-state index in [0.29, 0.717) is 0 Å². The first-order valence-electron chi connectivity index (χ1n) is 3.88. The largest absolute Gasteiger partial charge is 0.481 e. The van der Waals surface area contributed by atoms with Crippen molar-refractivity contribution in [1.29, 1.82) is 0 Å². The van der Waals surface area contributed by atoms with Gasteiger partial charge in [-0.2, -0.15) is 0 Å². The van der Waals surface area contributed by atoms with Gasteiger partial charge >= 0.3 is 5.97 Å². The van der Waals surface area contributed by atoms with Crippen molar-refractivity contribution in [2.75, 3.05) is 11.5 Å². The molecule has 1 spiro atoms. The fourth-order valence-electron chi connectivity index (χ4n) is 2.01. The molecule has 2 fully saturated rings. The van der Waals surface area contributed by atoms with Crippen LogP contribution in [0.15, 0.2) is 0 Å². The molecule has 1 unspecified atom stereocenters. The number of carbonyl (C=O) groups is 1. The fraction of sp³-hybridized carbons (Fsp3) is 0.857. The number of carboxylic acids is 1. The zero-order valence-corrected chi connectivity index (χ0v) is 7.30. The Morgan fingerprint density at radius 2 is 2.00 bits per heavy atom. The molecule has 1 N–H and O–H groups in total. The van der Waals surface area contributed by atoms with E-state index in [1.807, 2.05) is 0 Å². The maximum atomic E-state index is 11.1. The van der Waals surface area contributed by atoms with E-state index >= 15 is 0 Å². The van der Waals surface area contributed by atoms with Crippen molar-refractivity contribution >= 4 is 15.8 Å². The Hall–Kier alpha value is -0.580. The molecule has 1 heterocycles. The minimum absolute atomic E-state index is 0.0942. The summed E-state index contributed by atoms with van der Waals surface area (Å²) >= 11 is 0. The van der Waals surface area contributed by atoms with Gasteiger partial charge in [0.15, 0.2) is 9.84 Å². The highest BCUT2D eigenvalue weighted by Crippen LogP contribution is 2.57. The monoisotopic (exact) mass is 190 g/mol. The third-order valence-electron chi connectivity index (χ3n) is 2.86. The normalized spacial score (nSPS) is 35.2. The van der Waals surface area contributed by atoms with Crippen LogP contribution < -0.4 is 0 Å². The summed E-state index contributed by atoms with van der Waals surface area (Å²) in [7, 11) is -3.07.